The molecule has 1 aromatic carbocycles. The first kappa shape index (κ1) is 21.6. The van der Waals surface area contributed by atoms with Crippen molar-refractivity contribution < 1.29 is 21.6 Å². The van der Waals surface area contributed by atoms with E-state index in [0.29, 0.717) is 46.2 Å². The van der Waals surface area contributed by atoms with Crippen LogP contribution in [0.25, 0.3) is 22.3 Å². The number of hydrogen-bond acceptors (Lipinski definition) is 5. The minimum atomic E-state index is -4.42. The van der Waals surface area contributed by atoms with Gasteiger partial charge in [0.2, 0.25) is 0 Å². The van der Waals surface area contributed by atoms with Crippen molar-refractivity contribution in [2.75, 3.05) is 29.5 Å². The van der Waals surface area contributed by atoms with Crippen LogP contribution >= 0.6 is 11.6 Å². The average molecular weight is 468 g/mol. The Hall–Kier alpha value is -2.65. The van der Waals surface area contributed by atoms with Gasteiger partial charge in [0, 0.05) is 42.8 Å². The molecule has 0 amide bonds. The Morgan fingerprint density at radius 1 is 0.935 bits per heavy atom. The standard InChI is InChI=1S/C21H17ClF3N3O2S/c22-19-13-26-6-5-16(19)17-11-20(28-7-9-31(29,30)10-8-28)27-12-18(17)14-1-3-15(4-2-14)21(23,24)25/h1-6,11-13H,7-10H2. The van der Waals surface area contributed by atoms with Crippen LogP contribution in [0.2, 0.25) is 5.02 Å². The van der Waals surface area contributed by atoms with E-state index in [4.69, 9.17) is 11.6 Å². The predicted molar refractivity (Wildman–Crippen MR) is 114 cm³/mol. The molecule has 10 heteroatoms. The number of sulfone groups is 1. The molecule has 0 spiro atoms. The molecule has 162 valence electrons. The lowest BCUT2D eigenvalue weighted by Gasteiger charge is -2.28. The van der Waals surface area contributed by atoms with E-state index in [-0.39, 0.29) is 11.5 Å². The smallest absolute Gasteiger partial charge is 0.355 e. The molecule has 0 atom stereocenters. The van der Waals surface area contributed by atoms with Crippen molar-refractivity contribution in [3.05, 3.63) is 65.6 Å². The maximum atomic E-state index is 12.9. The summed E-state index contributed by atoms with van der Waals surface area (Å²) in [6, 6.07) is 8.34. The molecular formula is C21H17ClF3N3O2S. The number of rotatable bonds is 3. The van der Waals surface area contributed by atoms with E-state index in [2.05, 4.69) is 9.97 Å². The van der Waals surface area contributed by atoms with E-state index in [9.17, 15) is 21.6 Å². The molecule has 0 aliphatic carbocycles. The summed E-state index contributed by atoms with van der Waals surface area (Å²) in [7, 11) is -3.05. The first-order chi connectivity index (χ1) is 14.6. The molecule has 0 bridgehead atoms. The first-order valence-electron chi connectivity index (χ1n) is 9.37. The fourth-order valence-corrected chi connectivity index (χ4v) is 4.87. The minimum Gasteiger partial charge on any atom is -0.355 e. The number of pyridine rings is 2. The molecule has 5 nitrogen and oxygen atoms in total. The van der Waals surface area contributed by atoms with Crippen LogP contribution in [-0.2, 0) is 16.0 Å². The summed E-state index contributed by atoms with van der Waals surface area (Å²) in [5, 5.41) is 0.383. The van der Waals surface area contributed by atoms with Crippen LogP contribution in [0.5, 0.6) is 0 Å². The van der Waals surface area contributed by atoms with Gasteiger partial charge in [-0.1, -0.05) is 23.7 Å². The third kappa shape index (κ3) is 4.67. The van der Waals surface area contributed by atoms with Gasteiger partial charge in [-0.2, -0.15) is 13.2 Å². The second kappa shape index (κ2) is 8.12. The van der Waals surface area contributed by atoms with Crippen molar-refractivity contribution >= 4 is 27.3 Å². The van der Waals surface area contributed by atoms with Gasteiger partial charge >= 0.3 is 6.18 Å². The second-order valence-electron chi connectivity index (χ2n) is 7.16. The third-order valence-corrected chi connectivity index (χ3v) is 7.05. The van der Waals surface area contributed by atoms with Gasteiger partial charge < -0.3 is 4.90 Å². The van der Waals surface area contributed by atoms with Crippen molar-refractivity contribution in [1.29, 1.82) is 0 Å². The SMILES string of the molecule is O=S1(=O)CCN(c2cc(-c3ccncc3Cl)c(-c3ccc(C(F)(F)F)cc3)cn2)CC1. The Morgan fingerprint density at radius 2 is 1.61 bits per heavy atom. The number of anilines is 1. The highest BCUT2D eigenvalue weighted by Crippen LogP contribution is 2.38. The van der Waals surface area contributed by atoms with Crippen molar-refractivity contribution in [2.24, 2.45) is 0 Å². The summed E-state index contributed by atoms with van der Waals surface area (Å²) >= 11 is 6.35. The van der Waals surface area contributed by atoms with E-state index in [1.807, 2.05) is 4.90 Å². The lowest BCUT2D eigenvalue weighted by molar-refractivity contribution is -0.137. The molecule has 4 rings (SSSR count). The zero-order valence-electron chi connectivity index (χ0n) is 16.1. The van der Waals surface area contributed by atoms with Crippen LogP contribution in [0.15, 0.2) is 55.0 Å². The van der Waals surface area contributed by atoms with Gasteiger partial charge in [0.15, 0.2) is 9.84 Å². The highest BCUT2D eigenvalue weighted by Gasteiger charge is 2.30. The zero-order chi connectivity index (χ0) is 22.2. The molecule has 31 heavy (non-hydrogen) atoms. The van der Waals surface area contributed by atoms with Gasteiger partial charge in [0.25, 0.3) is 0 Å². The molecule has 1 saturated heterocycles. The molecule has 3 aromatic rings. The molecule has 3 heterocycles. The molecular weight excluding hydrogens is 451 g/mol. The third-order valence-electron chi connectivity index (χ3n) is 5.14. The molecule has 1 aliphatic heterocycles. The van der Waals surface area contributed by atoms with Crippen molar-refractivity contribution in [3.63, 3.8) is 0 Å². The molecule has 0 saturated carbocycles. The summed E-state index contributed by atoms with van der Waals surface area (Å²) in [5.41, 5.74) is 1.75. The van der Waals surface area contributed by atoms with Crippen LogP contribution in [-0.4, -0.2) is 43.0 Å². The van der Waals surface area contributed by atoms with Gasteiger partial charge in [0.05, 0.1) is 22.1 Å². The number of halogens is 4. The Bertz CT molecular complexity index is 1200. The predicted octanol–water partition coefficient (Wildman–Crippen LogP) is 4.72. The fraction of sp³-hybridized carbons (Fsp3) is 0.238. The topological polar surface area (TPSA) is 63.2 Å². The van der Waals surface area contributed by atoms with E-state index >= 15 is 0 Å². The summed E-state index contributed by atoms with van der Waals surface area (Å²) in [6.07, 6.45) is 0.214. The normalized spacial score (nSPS) is 16.3. The van der Waals surface area contributed by atoms with Gasteiger partial charge in [0.1, 0.15) is 5.82 Å². The minimum absolute atomic E-state index is 0.0423. The fourth-order valence-electron chi connectivity index (χ4n) is 3.44. The lowest BCUT2D eigenvalue weighted by atomic mass is 9.96. The Balaban J connectivity index is 1.79. The maximum Gasteiger partial charge on any atom is 0.416 e. The quantitative estimate of drug-likeness (QED) is 0.558. The maximum absolute atomic E-state index is 12.9. The Labute approximate surface area is 182 Å². The van der Waals surface area contributed by atoms with E-state index in [1.54, 1.807) is 24.5 Å². The average Bonchev–Trinajstić information content (AvgIpc) is 2.73. The zero-order valence-corrected chi connectivity index (χ0v) is 17.7. The number of alkyl halides is 3. The summed E-state index contributed by atoms with van der Waals surface area (Å²) in [6.45, 7) is 0.636. The number of hydrogen-bond donors (Lipinski definition) is 0. The summed E-state index contributed by atoms with van der Waals surface area (Å²) in [5.74, 6) is 0.662. The Morgan fingerprint density at radius 3 is 2.23 bits per heavy atom. The van der Waals surface area contributed by atoms with Crippen LogP contribution in [0, 0.1) is 0 Å². The highest BCUT2D eigenvalue weighted by atomic mass is 35.5. The van der Waals surface area contributed by atoms with Crippen LogP contribution < -0.4 is 4.90 Å². The van der Waals surface area contributed by atoms with Crippen LogP contribution in [0.4, 0.5) is 19.0 Å². The van der Waals surface area contributed by atoms with E-state index in [1.165, 1.54) is 18.3 Å². The summed E-state index contributed by atoms with van der Waals surface area (Å²) < 4.78 is 62.3. The number of benzene rings is 1. The molecule has 2 aromatic heterocycles. The first-order valence-corrected chi connectivity index (χ1v) is 11.6. The van der Waals surface area contributed by atoms with Gasteiger partial charge in [-0.3, -0.25) is 4.98 Å². The Kier molecular flexibility index (Phi) is 5.65. The van der Waals surface area contributed by atoms with E-state index in [0.717, 1.165) is 12.1 Å². The molecule has 0 N–H and O–H groups in total. The van der Waals surface area contributed by atoms with Crippen molar-refractivity contribution in [3.8, 4) is 22.3 Å². The van der Waals surface area contributed by atoms with Gasteiger partial charge in [-0.15, -0.1) is 0 Å². The van der Waals surface area contributed by atoms with Crippen molar-refractivity contribution in [1.82, 2.24) is 9.97 Å². The van der Waals surface area contributed by atoms with Gasteiger partial charge in [-0.05, 0) is 35.4 Å². The number of nitrogens with zero attached hydrogens (tertiary/aromatic N) is 3. The second-order valence-corrected chi connectivity index (χ2v) is 9.87. The molecule has 1 aliphatic rings. The largest absolute Gasteiger partial charge is 0.416 e. The van der Waals surface area contributed by atoms with Crippen molar-refractivity contribution in [2.45, 2.75) is 6.18 Å². The van der Waals surface area contributed by atoms with E-state index < -0.39 is 21.6 Å². The van der Waals surface area contributed by atoms with Crippen LogP contribution in [0.3, 0.4) is 0 Å². The van der Waals surface area contributed by atoms with Gasteiger partial charge in [-0.25, -0.2) is 13.4 Å². The lowest BCUT2D eigenvalue weighted by Crippen LogP contribution is -2.40. The molecule has 0 radical (unpaired) electrons. The highest BCUT2D eigenvalue weighted by molar-refractivity contribution is 7.91. The molecule has 0 unspecified atom stereocenters. The molecule has 1 fully saturated rings. The summed E-state index contributed by atoms with van der Waals surface area (Å²) in [4.78, 5) is 10.3. The monoisotopic (exact) mass is 467 g/mol. The van der Waals surface area contributed by atoms with Crippen LogP contribution in [0.1, 0.15) is 5.56 Å². The number of aromatic nitrogens is 2.